The fourth-order valence-electron chi connectivity index (χ4n) is 3.52. The van der Waals surface area contributed by atoms with Crippen LogP contribution in [0.2, 0.25) is 0 Å². The number of esters is 2. The van der Waals surface area contributed by atoms with Crippen molar-refractivity contribution in [3.63, 3.8) is 0 Å². The quantitative estimate of drug-likeness (QED) is 0.200. The van der Waals surface area contributed by atoms with Crippen LogP contribution in [0.3, 0.4) is 0 Å². The van der Waals surface area contributed by atoms with Crippen molar-refractivity contribution in [3.8, 4) is 28.0 Å². The monoisotopic (exact) mass is 516 g/mol. The molecule has 3 aromatic carbocycles. The van der Waals surface area contributed by atoms with Gasteiger partial charge in [-0.05, 0) is 46.9 Å². The molecule has 0 saturated heterocycles. The Hall–Kier alpha value is -4.72. The molecule has 0 atom stereocenters. The van der Waals surface area contributed by atoms with Gasteiger partial charge in [0.2, 0.25) is 0 Å². The highest BCUT2D eigenvalue weighted by atomic mass is 16.5. The summed E-state index contributed by atoms with van der Waals surface area (Å²) in [6, 6.07) is 16.7. The van der Waals surface area contributed by atoms with Crippen LogP contribution in [-0.4, -0.2) is 29.5 Å². The first-order valence-corrected chi connectivity index (χ1v) is 11.8. The summed E-state index contributed by atoms with van der Waals surface area (Å²) >= 11 is 0. The topological polar surface area (TPSA) is 116 Å². The van der Waals surface area contributed by atoms with Crippen LogP contribution in [0.4, 0.5) is 0 Å². The molecule has 0 saturated carbocycles. The van der Waals surface area contributed by atoms with Crippen LogP contribution in [0, 0.1) is 5.92 Å². The Bertz CT molecular complexity index is 1350. The van der Waals surface area contributed by atoms with Crippen LogP contribution in [0.15, 0.2) is 72.8 Å². The van der Waals surface area contributed by atoms with E-state index in [9.17, 15) is 24.3 Å². The lowest BCUT2D eigenvalue weighted by Crippen LogP contribution is -2.11. The zero-order valence-electron chi connectivity index (χ0n) is 21.4. The van der Waals surface area contributed by atoms with Crippen LogP contribution in [-0.2, 0) is 37.1 Å². The largest absolute Gasteiger partial charge is 0.478 e. The maximum Gasteiger partial charge on any atom is 0.336 e. The van der Waals surface area contributed by atoms with E-state index in [1.807, 2.05) is 0 Å². The second-order valence-corrected chi connectivity index (χ2v) is 8.93. The van der Waals surface area contributed by atoms with Gasteiger partial charge < -0.3 is 19.3 Å². The third-order valence-corrected chi connectivity index (χ3v) is 5.63. The first-order valence-electron chi connectivity index (χ1n) is 11.8. The highest BCUT2D eigenvalue weighted by Gasteiger charge is 2.19. The summed E-state index contributed by atoms with van der Waals surface area (Å²) < 4.78 is 15.6. The molecule has 1 N–H and O–H groups in total. The van der Waals surface area contributed by atoms with E-state index in [4.69, 9.17) is 14.2 Å². The van der Waals surface area contributed by atoms with E-state index in [-0.39, 0.29) is 42.9 Å². The average molecular weight is 517 g/mol. The molecule has 0 heterocycles. The minimum absolute atomic E-state index is 0.00893. The highest BCUT2D eigenvalue weighted by molar-refractivity contribution is 5.99. The van der Waals surface area contributed by atoms with Gasteiger partial charge in [0.25, 0.3) is 6.47 Å². The van der Waals surface area contributed by atoms with E-state index < -0.39 is 11.9 Å². The summed E-state index contributed by atoms with van der Waals surface area (Å²) in [5.41, 5.74) is 3.71. The normalized spacial score (nSPS) is 10.5. The Morgan fingerprint density at radius 3 is 1.87 bits per heavy atom. The number of carboxylic acids is 1. The van der Waals surface area contributed by atoms with Crippen LogP contribution in [0.5, 0.6) is 5.75 Å². The van der Waals surface area contributed by atoms with Crippen LogP contribution >= 0.6 is 0 Å². The minimum Gasteiger partial charge on any atom is -0.478 e. The van der Waals surface area contributed by atoms with Crippen molar-refractivity contribution in [1.29, 1.82) is 0 Å². The molecule has 0 spiro atoms. The molecule has 3 aromatic rings. The summed E-state index contributed by atoms with van der Waals surface area (Å²) in [5.74, 6) is -2.02. The molecule has 8 nitrogen and oxygen atoms in total. The Balaban J connectivity index is 1.93. The van der Waals surface area contributed by atoms with E-state index >= 15 is 0 Å². The van der Waals surface area contributed by atoms with Gasteiger partial charge in [-0.3, -0.25) is 9.59 Å². The molecule has 0 aliphatic heterocycles. The fourth-order valence-corrected chi connectivity index (χ4v) is 3.52. The van der Waals surface area contributed by atoms with Crippen molar-refractivity contribution < 1.29 is 38.5 Å². The number of carbonyl (C=O) groups is 4. The first kappa shape index (κ1) is 27.9. The van der Waals surface area contributed by atoms with E-state index in [1.54, 1.807) is 69.3 Å². The predicted molar refractivity (Wildman–Crippen MR) is 140 cm³/mol. The van der Waals surface area contributed by atoms with Gasteiger partial charge in [0.15, 0.2) is 0 Å². The highest BCUT2D eigenvalue weighted by Crippen LogP contribution is 2.37. The number of hydrogen-bond donors (Lipinski definition) is 1. The lowest BCUT2D eigenvalue weighted by molar-refractivity contribution is -0.148. The van der Waals surface area contributed by atoms with E-state index in [2.05, 4.69) is 6.58 Å². The fraction of sp³-hybridized carbons (Fsp3) is 0.200. The second kappa shape index (κ2) is 12.5. The zero-order chi connectivity index (χ0) is 27.8. The van der Waals surface area contributed by atoms with Gasteiger partial charge in [0.1, 0.15) is 19.0 Å². The third kappa shape index (κ3) is 6.94. The molecular weight excluding hydrogens is 488 g/mol. The minimum atomic E-state index is -1.16. The molecule has 196 valence electrons. The van der Waals surface area contributed by atoms with Crippen molar-refractivity contribution >= 4 is 24.4 Å². The molecule has 0 aliphatic rings. The molecule has 8 heteroatoms. The molecule has 0 aliphatic carbocycles. The second-order valence-electron chi connectivity index (χ2n) is 8.93. The van der Waals surface area contributed by atoms with Crippen LogP contribution in [0.25, 0.3) is 22.3 Å². The molecule has 0 unspecified atom stereocenters. The summed E-state index contributed by atoms with van der Waals surface area (Å²) in [7, 11) is 0. The molecule has 0 amide bonds. The molecule has 0 radical (unpaired) electrons. The van der Waals surface area contributed by atoms with E-state index in [0.29, 0.717) is 33.4 Å². The molecule has 3 rings (SSSR count). The predicted octanol–water partition coefficient (Wildman–Crippen LogP) is 5.57. The van der Waals surface area contributed by atoms with E-state index in [1.165, 1.54) is 12.1 Å². The maximum absolute atomic E-state index is 12.2. The maximum atomic E-state index is 12.2. The summed E-state index contributed by atoms with van der Waals surface area (Å²) in [6.07, 6.45) is 0. The van der Waals surface area contributed by atoms with Gasteiger partial charge >= 0.3 is 17.9 Å². The van der Waals surface area contributed by atoms with Crippen molar-refractivity contribution in [2.45, 2.75) is 34.0 Å². The Labute approximate surface area is 220 Å². The summed E-state index contributed by atoms with van der Waals surface area (Å²) in [5, 5.41) is 9.96. The number of aromatic carboxylic acids is 1. The Morgan fingerprint density at radius 2 is 1.39 bits per heavy atom. The van der Waals surface area contributed by atoms with Crippen LogP contribution < -0.4 is 4.74 Å². The zero-order valence-corrected chi connectivity index (χ0v) is 21.4. The average Bonchev–Trinajstić information content (AvgIpc) is 2.90. The Kier molecular flexibility index (Phi) is 9.16. The number of rotatable bonds is 11. The van der Waals surface area contributed by atoms with Gasteiger partial charge in [-0.25, -0.2) is 9.59 Å². The van der Waals surface area contributed by atoms with E-state index in [0.717, 1.165) is 5.56 Å². The SMILES string of the molecule is C=C(C)C(=O)OCc1ccc(-c2cc(OC=O)c(-c3ccc(COC(=O)C(C)C)cc3)cc2C(=O)O)cc1. The van der Waals surface area contributed by atoms with Crippen molar-refractivity contribution in [2.75, 3.05) is 0 Å². The molecule has 0 aromatic heterocycles. The standard InChI is InChI=1S/C30H28O8/c1-18(2)29(34)36-15-20-5-9-22(10-6-20)24-14-27(38-17-31)25(13-26(24)28(32)33)23-11-7-21(8-12-23)16-37-30(35)19(3)4/h5-14,17,19H,1,15-16H2,2-4H3,(H,32,33). The van der Waals surface area contributed by atoms with Crippen molar-refractivity contribution in [3.05, 3.63) is 89.5 Å². The Morgan fingerprint density at radius 1 is 0.868 bits per heavy atom. The van der Waals surface area contributed by atoms with Gasteiger partial charge in [-0.2, -0.15) is 0 Å². The van der Waals surface area contributed by atoms with Gasteiger partial charge in [0, 0.05) is 11.1 Å². The summed E-state index contributed by atoms with van der Waals surface area (Å²) in [6.45, 7) is 9.03. The number of hydrogen-bond acceptors (Lipinski definition) is 7. The molecule has 0 bridgehead atoms. The van der Waals surface area contributed by atoms with Crippen molar-refractivity contribution in [1.82, 2.24) is 0 Å². The van der Waals surface area contributed by atoms with Crippen LogP contribution in [0.1, 0.15) is 42.3 Å². The lowest BCUT2D eigenvalue weighted by Gasteiger charge is -2.15. The molecule has 0 fully saturated rings. The van der Waals surface area contributed by atoms with Gasteiger partial charge in [-0.1, -0.05) is 69.0 Å². The number of ether oxygens (including phenoxy) is 3. The third-order valence-electron chi connectivity index (χ3n) is 5.63. The first-order chi connectivity index (χ1) is 18.1. The molecule has 38 heavy (non-hydrogen) atoms. The molecular formula is C30H28O8. The van der Waals surface area contributed by atoms with Gasteiger partial charge in [0.05, 0.1) is 11.5 Å². The van der Waals surface area contributed by atoms with Gasteiger partial charge in [-0.15, -0.1) is 0 Å². The number of carbonyl (C=O) groups excluding carboxylic acids is 3. The van der Waals surface area contributed by atoms with Crippen molar-refractivity contribution in [2.24, 2.45) is 5.92 Å². The summed E-state index contributed by atoms with van der Waals surface area (Å²) in [4.78, 5) is 46.8. The smallest absolute Gasteiger partial charge is 0.336 e. The number of benzene rings is 3. The number of carboxylic acid groups (broad SMARTS) is 1. The lowest BCUT2D eigenvalue weighted by atomic mass is 9.93.